The minimum Gasteiger partial charge on any atom is -0.383 e. The first-order chi connectivity index (χ1) is 10.3. The van der Waals surface area contributed by atoms with Crippen LogP contribution in [0, 0.1) is 11.3 Å². The highest BCUT2D eigenvalue weighted by Crippen LogP contribution is 2.33. The Hall–Kier alpha value is -2.93. The van der Waals surface area contributed by atoms with Crippen LogP contribution in [0.2, 0.25) is 0 Å². The van der Waals surface area contributed by atoms with E-state index in [0.717, 1.165) is 34.0 Å². The van der Waals surface area contributed by atoms with Crippen molar-refractivity contribution in [2.75, 3.05) is 5.73 Å². The number of anilines is 1. The van der Waals surface area contributed by atoms with Gasteiger partial charge in [-0.25, -0.2) is 4.98 Å². The Kier molecular flexibility index (Phi) is 3.25. The molecule has 0 amide bonds. The molecule has 0 spiro atoms. The van der Waals surface area contributed by atoms with Crippen molar-refractivity contribution in [3.8, 4) is 17.2 Å². The molecule has 0 bridgehead atoms. The van der Waals surface area contributed by atoms with Crippen molar-refractivity contribution in [2.24, 2.45) is 0 Å². The van der Waals surface area contributed by atoms with Crippen LogP contribution in [0.1, 0.15) is 18.1 Å². The molecule has 3 aromatic rings. The molecule has 3 rings (SSSR count). The van der Waals surface area contributed by atoms with Crippen LogP contribution in [0.5, 0.6) is 0 Å². The second-order valence-corrected chi connectivity index (χ2v) is 4.76. The maximum Gasteiger partial charge on any atom is 0.142 e. The first-order valence-corrected chi connectivity index (χ1v) is 6.77. The average molecular weight is 274 g/mol. The molecule has 1 aromatic carbocycles. The van der Waals surface area contributed by atoms with Crippen molar-refractivity contribution in [3.63, 3.8) is 0 Å². The minimum absolute atomic E-state index is 0.272. The summed E-state index contributed by atoms with van der Waals surface area (Å²) in [5.41, 5.74) is 10.1. The molecule has 21 heavy (non-hydrogen) atoms. The van der Waals surface area contributed by atoms with Gasteiger partial charge in [0.15, 0.2) is 0 Å². The van der Waals surface area contributed by atoms with E-state index in [1.165, 1.54) is 0 Å². The van der Waals surface area contributed by atoms with E-state index in [1.54, 1.807) is 6.20 Å². The van der Waals surface area contributed by atoms with Crippen LogP contribution < -0.4 is 5.73 Å². The van der Waals surface area contributed by atoms with E-state index in [-0.39, 0.29) is 5.82 Å². The lowest BCUT2D eigenvalue weighted by atomic mass is 9.95. The fraction of sp³-hybridized carbons (Fsp3) is 0.118. The molecule has 0 aliphatic heterocycles. The van der Waals surface area contributed by atoms with Crippen LogP contribution in [-0.2, 0) is 6.42 Å². The van der Waals surface area contributed by atoms with Crippen molar-refractivity contribution in [2.45, 2.75) is 13.3 Å². The summed E-state index contributed by atoms with van der Waals surface area (Å²) >= 11 is 0. The summed E-state index contributed by atoms with van der Waals surface area (Å²) in [4.78, 5) is 8.59. The van der Waals surface area contributed by atoms with Crippen molar-refractivity contribution in [3.05, 3.63) is 53.9 Å². The van der Waals surface area contributed by atoms with Gasteiger partial charge >= 0.3 is 0 Å². The Bertz CT molecular complexity index is 848. The molecule has 4 nitrogen and oxygen atoms in total. The molecule has 0 saturated carbocycles. The maximum absolute atomic E-state index is 9.37. The Morgan fingerprint density at radius 3 is 2.62 bits per heavy atom. The average Bonchev–Trinajstić information content (AvgIpc) is 2.53. The lowest BCUT2D eigenvalue weighted by molar-refractivity contribution is 1.13. The molecule has 0 radical (unpaired) electrons. The topological polar surface area (TPSA) is 75.6 Å². The summed E-state index contributed by atoms with van der Waals surface area (Å²) in [5.74, 6) is 0.272. The summed E-state index contributed by atoms with van der Waals surface area (Å²) in [6, 6.07) is 12.2. The standard InChI is InChI=1S/C17H14N4/c1-2-12-13(8-18)17(19)21-15-10-20-9-14(16(12)15)11-6-4-3-5-7-11/h3-7,9-10H,2H2,1H3,(H2,19,21). The molecule has 4 heteroatoms. The highest BCUT2D eigenvalue weighted by molar-refractivity contribution is 5.98. The number of pyridine rings is 2. The van der Waals surface area contributed by atoms with Crippen molar-refractivity contribution in [1.82, 2.24) is 9.97 Å². The summed E-state index contributed by atoms with van der Waals surface area (Å²) in [6.07, 6.45) is 4.23. The molecule has 0 aliphatic carbocycles. The zero-order valence-corrected chi connectivity index (χ0v) is 11.7. The third-order valence-electron chi connectivity index (χ3n) is 3.58. The number of nitrogens with zero attached hydrogens (tertiary/aromatic N) is 3. The van der Waals surface area contributed by atoms with Gasteiger partial charge in [-0.1, -0.05) is 37.3 Å². The number of aryl methyl sites for hydroxylation is 1. The first-order valence-electron chi connectivity index (χ1n) is 6.77. The lowest BCUT2D eigenvalue weighted by Crippen LogP contribution is -2.02. The number of nitriles is 1. The molecule has 0 saturated heterocycles. The fourth-order valence-corrected chi connectivity index (χ4v) is 2.63. The number of fused-ring (bicyclic) bond motifs is 1. The number of hydrogen-bond acceptors (Lipinski definition) is 4. The Labute approximate surface area is 122 Å². The Morgan fingerprint density at radius 1 is 1.19 bits per heavy atom. The normalized spacial score (nSPS) is 10.5. The second-order valence-electron chi connectivity index (χ2n) is 4.76. The van der Waals surface area contributed by atoms with Crippen LogP contribution in [0.3, 0.4) is 0 Å². The molecule has 2 N–H and O–H groups in total. The highest BCUT2D eigenvalue weighted by atomic mass is 14.9. The number of nitrogens with two attached hydrogens (primary N) is 1. The number of nitrogen functional groups attached to an aromatic ring is 1. The van der Waals surface area contributed by atoms with E-state index in [9.17, 15) is 5.26 Å². The largest absolute Gasteiger partial charge is 0.383 e. The fourth-order valence-electron chi connectivity index (χ4n) is 2.63. The molecule has 2 heterocycles. The van der Waals surface area contributed by atoms with Crippen LogP contribution in [0.4, 0.5) is 5.82 Å². The zero-order chi connectivity index (χ0) is 14.8. The summed E-state index contributed by atoms with van der Waals surface area (Å²) in [7, 11) is 0. The van der Waals surface area contributed by atoms with Crippen LogP contribution >= 0.6 is 0 Å². The predicted octanol–water partition coefficient (Wildman–Crippen LogP) is 3.31. The number of aromatic nitrogens is 2. The van der Waals surface area contributed by atoms with Gasteiger partial charge < -0.3 is 5.73 Å². The van der Waals surface area contributed by atoms with Gasteiger partial charge in [-0.05, 0) is 17.5 Å². The van der Waals surface area contributed by atoms with Crippen LogP contribution in [-0.4, -0.2) is 9.97 Å². The lowest BCUT2D eigenvalue weighted by Gasteiger charge is -2.12. The third-order valence-corrected chi connectivity index (χ3v) is 3.58. The van der Waals surface area contributed by atoms with Gasteiger partial charge in [-0.15, -0.1) is 0 Å². The van der Waals surface area contributed by atoms with Crippen molar-refractivity contribution >= 4 is 16.7 Å². The predicted molar refractivity (Wildman–Crippen MR) is 83.5 cm³/mol. The molecule has 2 aromatic heterocycles. The van der Waals surface area contributed by atoms with Crippen molar-refractivity contribution in [1.29, 1.82) is 5.26 Å². The maximum atomic E-state index is 9.37. The SMILES string of the molecule is CCc1c(C#N)c(N)nc2cncc(-c3ccccc3)c12. The van der Waals surface area contributed by atoms with Gasteiger partial charge in [0.25, 0.3) is 0 Å². The van der Waals surface area contributed by atoms with Gasteiger partial charge in [0.05, 0.1) is 17.3 Å². The number of rotatable bonds is 2. The smallest absolute Gasteiger partial charge is 0.142 e. The van der Waals surface area contributed by atoms with Gasteiger partial charge in [0.2, 0.25) is 0 Å². The molecule has 102 valence electrons. The molecular formula is C17H14N4. The monoisotopic (exact) mass is 274 g/mol. The highest BCUT2D eigenvalue weighted by Gasteiger charge is 2.15. The zero-order valence-electron chi connectivity index (χ0n) is 11.7. The summed E-state index contributed by atoms with van der Waals surface area (Å²) < 4.78 is 0. The third kappa shape index (κ3) is 2.09. The van der Waals surface area contributed by atoms with Gasteiger partial charge in [-0.2, -0.15) is 5.26 Å². The number of hydrogen-bond donors (Lipinski definition) is 1. The van der Waals surface area contributed by atoms with Gasteiger partial charge in [0, 0.05) is 17.1 Å². The van der Waals surface area contributed by atoms with E-state index in [0.29, 0.717) is 5.56 Å². The van der Waals surface area contributed by atoms with Gasteiger partial charge in [-0.3, -0.25) is 4.98 Å². The molecule has 0 atom stereocenters. The van der Waals surface area contributed by atoms with E-state index < -0.39 is 0 Å². The van der Waals surface area contributed by atoms with E-state index >= 15 is 0 Å². The van der Waals surface area contributed by atoms with E-state index in [1.807, 2.05) is 43.5 Å². The van der Waals surface area contributed by atoms with E-state index in [2.05, 4.69) is 16.0 Å². The van der Waals surface area contributed by atoms with Gasteiger partial charge in [0.1, 0.15) is 11.9 Å². The summed E-state index contributed by atoms with van der Waals surface area (Å²) in [5, 5.41) is 10.3. The molecule has 0 aliphatic rings. The van der Waals surface area contributed by atoms with E-state index in [4.69, 9.17) is 5.73 Å². The Balaban J connectivity index is 2.45. The van der Waals surface area contributed by atoms with Crippen LogP contribution in [0.15, 0.2) is 42.7 Å². The number of benzene rings is 1. The summed E-state index contributed by atoms with van der Waals surface area (Å²) in [6.45, 7) is 2.02. The molecule has 0 unspecified atom stereocenters. The van der Waals surface area contributed by atoms with Crippen molar-refractivity contribution < 1.29 is 0 Å². The molecular weight excluding hydrogens is 260 g/mol. The minimum atomic E-state index is 0.272. The molecule has 0 fully saturated rings. The second kappa shape index (κ2) is 5.22. The Morgan fingerprint density at radius 2 is 1.95 bits per heavy atom. The first kappa shape index (κ1) is 13.1. The quantitative estimate of drug-likeness (QED) is 0.777. The van der Waals surface area contributed by atoms with Crippen LogP contribution in [0.25, 0.3) is 22.0 Å².